The van der Waals surface area contributed by atoms with Gasteiger partial charge in [-0.15, -0.1) is 0 Å². The number of benzene rings is 6. The molecule has 0 N–H and O–H groups in total. The molecule has 0 saturated carbocycles. The lowest BCUT2D eigenvalue weighted by Crippen LogP contribution is -1.81. The van der Waals surface area contributed by atoms with E-state index in [1.165, 1.54) is 21.8 Å². The summed E-state index contributed by atoms with van der Waals surface area (Å²) < 4.78 is 21.6. The second-order valence-corrected chi connectivity index (χ2v) is 10.9. The molecule has 11 aromatic rings. The number of furan rings is 3. The zero-order valence-corrected chi connectivity index (χ0v) is 21.0. The van der Waals surface area contributed by atoms with Crippen LogP contribution < -0.4 is 0 Å². The molecule has 5 aromatic heterocycles. The van der Waals surface area contributed by atoms with Crippen LogP contribution in [0.4, 0.5) is 0 Å². The van der Waals surface area contributed by atoms with E-state index in [0.29, 0.717) is 0 Å². The van der Waals surface area contributed by atoms with E-state index in [4.69, 9.17) is 13.3 Å². The summed E-state index contributed by atoms with van der Waals surface area (Å²) in [7, 11) is 0. The minimum Gasteiger partial charge on any atom is -0.456 e. The monoisotopic (exact) mass is 511 g/mol. The fourth-order valence-electron chi connectivity index (χ4n) is 7.25. The molecule has 0 saturated heterocycles. The van der Waals surface area contributed by atoms with Gasteiger partial charge in [-0.3, -0.25) is 0 Å². The summed E-state index contributed by atoms with van der Waals surface area (Å²) in [5, 5.41) is 11.5. The van der Waals surface area contributed by atoms with Gasteiger partial charge in [-0.25, -0.2) is 0 Å². The van der Waals surface area contributed by atoms with Crippen molar-refractivity contribution in [1.82, 2.24) is 4.40 Å². The van der Waals surface area contributed by atoms with Gasteiger partial charge in [0.05, 0.1) is 16.6 Å². The van der Waals surface area contributed by atoms with Gasteiger partial charge in [0.15, 0.2) is 0 Å². The molecule has 0 spiro atoms. The van der Waals surface area contributed by atoms with Crippen molar-refractivity contribution in [2.24, 2.45) is 0 Å². The number of fused-ring (bicyclic) bond motifs is 16. The lowest BCUT2D eigenvalue weighted by molar-refractivity contribution is 0.669. The van der Waals surface area contributed by atoms with Crippen molar-refractivity contribution < 1.29 is 13.3 Å². The molecule has 184 valence electrons. The number of hydrogen-bond acceptors (Lipinski definition) is 3. The summed E-state index contributed by atoms with van der Waals surface area (Å²) in [6, 6.07) is 36.1. The minimum absolute atomic E-state index is 0.894. The quantitative estimate of drug-likeness (QED) is 0.203. The van der Waals surface area contributed by atoms with E-state index >= 15 is 0 Å². The first-order valence-corrected chi connectivity index (χ1v) is 13.5. The van der Waals surface area contributed by atoms with Crippen molar-refractivity contribution >= 4 is 104 Å². The van der Waals surface area contributed by atoms with Crippen LogP contribution in [0.25, 0.3) is 104 Å². The van der Waals surface area contributed by atoms with E-state index in [1.54, 1.807) is 0 Å². The minimum atomic E-state index is 0.894. The molecule has 0 atom stereocenters. The highest BCUT2D eigenvalue weighted by molar-refractivity contribution is 6.36. The molecular weight excluding hydrogens is 494 g/mol. The molecule has 4 heteroatoms. The van der Waals surface area contributed by atoms with E-state index in [-0.39, 0.29) is 0 Å². The average Bonchev–Trinajstić information content (AvgIpc) is 3.77. The van der Waals surface area contributed by atoms with Gasteiger partial charge < -0.3 is 17.7 Å². The molecule has 11 rings (SSSR count). The highest BCUT2D eigenvalue weighted by atomic mass is 16.3. The maximum atomic E-state index is 6.47. The van der Waals surface area contributed by atoms with Crippen LogP contribution in [0.3, 0.4) is 0 Å². The van der Waals surface area contributed by atoms with Crippen molar-refractivity contribution in [2.75, 3.05) is 0 Å². The second kappa shape index (κ2) is 6.38. The van der Waals surface area contributed by atoms with Crippen LogP contribution >= 0.6 is 0 Å². The Balaban J connectivity index is 1.47. The smallest absolute Gasteiger partial charge is 0.136 e. The third-order valence-corrected chi connectivity index (χ3v) is 8.90. The lowest BCUT2D eigenvalue weighted by atomic mass is 10.0. The molecule has 0 unspecified atom stereocenters. The standard InChI is InChI=1S/C36H17NO3/c1-4-10-28-18(7-1)22-13-26-21(15-31(22)38-28)24-16-33-34(20-9-3-6-12-30(20)40-33)35-25-17-32-23(14-27(25)37(26)36(24)35)19-8-2-5-11-29(19)39-32/h1-17H. The highest BCUT2D eigenvalue weighted by Gasteiger charge is 2.25. The number of aromatic nitrogens is 1. The van der Waals surface area contributed by atoms with Gasteiger partial charge in [-0.05, 0) is 48.5 Å². The Morgan fingerprint density at radius 1 is 0.350 bits per heavy atom. The van der Waals surface area contributed by atoms with Gasteiger partial charge in [0.1, 0.15) is 33.5 Å². The Morgan fingerprint density at radius 2 is 0.850 bits per heavy atom. The third-order valence-electron chi connectivity index (χ3n) is 8.90. The fourth-order valence-corrected chi connectivity index (χ4v) is 7.25. The first-order chi connectivity index (χ1) is 19.8. The summed E-state index contributed by atoms with van der Waals surface area (Å²) >= 11 is 0. The summed E-state index contributed by atoms with van der Waals surface area (Å²) in [6.07, 6.45) is 0. The maximum absolute atomic E-state index is 6.47. The Labute approximate surface area is 224 Å². The molecule has 0 amide bonds. The molecule has 0 aliphatic carbocycles. The van der Waals surface area contributed by atoms with Gasteiger partial charge >= 0.3 is 0 Å². The van der Waals surface area contributed by atoms with E-state index in [2.05, 4.69) is 77.2 Å². The van der Waals surface area contributed by atoms with Crippen LogP contribution in [0.1, 0.15) is 0 Å². The zero-order valence-electron chi connectivity index (χ0n) is 21.0. The van der Waals surface area contributed by atoms with Gasteiger partial charge in [0, 0.05) is 53.9 Å². The third kappa shape index (κ3) is 2.12. The summed E-state index contributed by atoms with van der Waals surface area (Å²) in [5.41, 5.74) is 8.94. The summed E-state index contributed by atoms with van der Waals surface area (Å²) in [6.45, 7) is 0. The SMILES string of the molecule is c1ccc2c(c1)oc1cc3c4cc5oc6ccccc6c5c5c6cc7oc8ccccc8c7cc6n(c3cc12)c45. The summed E-state index contributed by atoms with van der Waals surface area (Å²) in [4.78, 5) is 0. The second-order valence-electron chi connectivity index (χ2n) is 10.9. The van der Waals surface area contributed by atoms with Crippen molar-refractivity contribution in [3.05, 3.63) is 103 Å². The van der Waals surface area contributed by atoms with Crippen LogP contribution in [-0.2, 0) is 0 Å². The number of nitrogens with zero attached hydrogens (tertiary/aromatic N) is 1. The van der Waals surface area contributed by atoms with E-state index in [0.717, 1.165) is 82.1 Å². The van der Waals surface area contributed by atoms with Gasteiger partial charge in [0.25, 0.3) is 0 Å². The first kappa shape index (κ1) is 19.6. The fraction of sp³-hybridized carbons (Fsp3) is 0. The predicted octanol–water partition coefficient (Wildman–Crippen LogP) is 10.5. The largest absolute Gasteiger partial charge is 0.456 e. The molecule has 5 heterocycles. The molecule has 0 radical (unpaired) electrons. The molecule has 6 aromatic carbocycles. The molecule has 0 bridgehead atoms. The van der Waals surface area contributed by atoms with Crippen LogP contribution in [0.15, 0.2) is 116 Å². The maximum Gasteiger partial charge on any atom is 0.136 e. The molecular formula is C36H17NO3. The summed E-state index contributed by atoms with van der Waals surface area (Å²) in [5.74, 6) is 0. The van der Waals surface area contributed by atoms with Gasteiger partial charge in [0.2, 0.25) is 0 Å². The molecule has 0 aliphatic rings. The first-order valence-electron chi connectivity index (χ1n) is 13.5. The lowest BCUT2D eigenvalue weighted by Gasteiger charge is -2.00. The van der Waals surface area contributed by atoms with Crippen LogP contribution in [-0.4, -0.2) is 4.40 Å². The van der Waals surface area contributed by atoms with Crippen molar-refractivity contribution in [3.8, 4) is 0 Å². The van der Waals surface area contributed by atoms with Gasteiger partial charge in [-0.2, -0.15) is 0 Å². The predicted molar refractivity (Wildman–Crippen MR) is 163 cm³/mol. The Bertz CT molecular complexity index is 2870. The highest BCUT2D eigenvalue weighted by Crippen LogP contribution is 2.48. The number of para-hydroxylation sites is 3. The molecule has 0 fully saturated rings. The van der Waals surface area contributed by atoms with E-state index < -0.39 is 0 Å². The van der Waals surface area contributed by atoms with Gasteiger partial charge in [-0.1, -0.05) is 54.6 Å². The van der Waals surface area contributed by atoms with E-state index in [9.17, 15) is 0 Å². The van der Waals surface area contributed by atoms with E-state index in [1.807, 2.05) is 30.3 Å². The number of rotatable bonds is 0. The normalized spacial score (nSPS) is 13.0. The van der Waals surface area contributed by atoms with Crippen LogP contribution in [0.2, 0.25) is 0 Å². The zero-order chi connectivity index (χ0) is 25.7. The molecule has 40 heavy (non-hydrogen) atoms. The van der Waals surface area contributed by atoms with Crippen molar-refractivity contribution in [2.45, 2.75) is 0 Å². The Morgan fingerprint density at radius 3 is 1.52 bits per heavy atom. The van der Waals surface area contributed by atoms with Crippen LogP contribution in [0.5, 0.6) is 0 Å². The van der Waals surface area contributed by atoms with Crippen molar-refractivity contribution in [3.63, 3.8) is 0 Å². The topological polar surface area (TPSA) is 43.8 Å². The molecule has 4 nitrogen and oxygen atoms in total. The Kier molecular flexibility index (Phi) is 3.12. The number of hydrogen-bond donors (Lipinski definition) is 0. The molecule has 0 aliphatic heterocycles. The van der Waals surface area contributed by atoms with Crippen molar-refractivity contribution in [1.29, 1.82) is 0 Å². The van der Waals surface area contributed by atoms with Crippen LogP contribution in [0, 0.1) is 0 Å². The Hall–Kier alpha value is -5.48. The average molecular weight is 512 g/mol.